The number of hydrogen-bond donors (Lipinski definition) is 2. The number of nitrogens with one attached hydrogen (secondary N) is 1. The number of anilines is 1. The highest BCUT2D eigenvalue weighted by atomic mass is 16.5. The molecule has 0 bridgehead atoms. The molecule has 0 saturated carbocycles. The first-order valence-corrected chi connectivity index (χ1v) is 5.66. The lowest BCUT2D eigenvalue weighted by molar-refractivity contribution is 0.234. The van der Waals surface area contributed by atoms with Crippen LogP contribution in [0.15, 0.2) is 12.1 Å². The number of benzene rings is 1. The summed E-state index contributed by atoms with van der Waals surface area (Å²) in [5.41, 5.74) is 0.369. The lowest BCUT2D eigenvalue weighted by Crippen LogP contribution is -2.34. The Morgan fingerprint density at radius 2 is 1.56 bits per heavy atom. The maximum absolute atomic E-state index is 9.26. The van der Waals surface area contributed by atoms with E-state index in [4.69, 9.17) is 14.2 Å². The molecule has 0 aliphatic heterocycles. The molecule has 1 aromatic carbocycles. The predicted molar refractivity (Wildman–Crippen MR) is 70.9 cm³/mol. The van der Waals surface area contributed by atoms with Crippen LogP contribution in [0.1, 0.15) is 13.8 Å². The van der Waals surface area contributed by atoms with Crippen molar-refractivity contribution >= 4 is 5.69 Å². The molecule has 0 amide bonds. The Labute approximate surface area is 108 Å². The summed E-state index contributed by atoms with van der Waals surface area (Å²) in [5.74, 6) is 1.70. The van der Waals surface area contributed by atoms with E-state index in [1.54, 1.807) is 33.5 Å². The Morgan fingerprint density at radius 3 is 1.89 bits per heavy atom. The molecule has 0 radical (unpaired) electrons. The topological polar surface area (TPSA) is 60.0 Å². The van der Waals surface area contributed by atoms with E-state index in [1.165, 1.54) is 0 Å². The summed E-state index contributed by atoms with van der Waals surface area (Å²) in [7, 11) is 4.70. The van der Waals surface area contributed by atoms with Crippen molar-refractivity contribution in [3.63, 3.8) is 0 Å². The SMILES string of the molecule is COc1cc(NC(C)(C)CO)cc(OC)c1OC. The van der Waals surface area contributed by atoms with Gasteiger partial charge in [0, 0.05) is 17.8 Å². The minimum Gasteiger partial charge on any atom is -0.493 e. The van der Waals surface area contributed by atoms with Crippen LogP contribution in [0.2, 0.25) is 0 Å². The molecule has 2 N–H and O–H groups in total. The van der Waals surface area contributed by atoms with Gasteiger partial charge in [0.05, 0.1) is 33.5 Å². The average Bonchev–Trinajstić information content (AvgIpc) is 2.37. The summed E-state index contributed by atoms with van der Waals surface area (Å²) in [5, 5.41) is 12.5. The summed E-state index contributed by atoms with van der Waals surface area (Å²) in [4.78, 5) is 0. The van der Waals surface area contributed by atoms with Gasteiger partial charge in [-0.2, -0.15) is 0 Å². The Hall–Kier alpha value is -1.62. The Kier molecular flexibility index (Phi) is 4.67. The quantitative estimate of drug-likeness (QED) is 0.813. The molecule has 102 valence electrons. The van der Waals surface area contributed by atoms with E-state index < -0.39 is 5.54 Å². The van der Waals surface area contributed by atoms with Gasteiger partial charge in [-0.1, -0.05) is 0 Å². The summed E-state index contributed by atoms with van der Waals surface area (Å²) < 4.78 is 15.8. The second-order valence-corrected chi connectivity index (χ2v) is 4.58. The fourth-order valence-electron chi connectivity index (χ4n) is 1.58. The number of aliphatic hydroxyl groups is 1. The maximum atomic E-state index is 9.26. The maximum Gasteiger partial charge on any atom is 0.203 e. The summed E-state index contributed by atoms with van der Waals surface area (Å²) in [6, 6.07) is 3.61. The number of aliphatic hydroxyl groups excluding tert-OH is 1. The molecule has 18 heavy (non-hydrogen) atoms. The second-order valence-electron chi connectivity index (χ2n) is 4.58. The molecule has 0 saturated heterocycles. The molecule has 0 spiro atoms. The number of ether oxygens (including phenoxy) is 3. The van der Waals surface area contributed by atoms with Gasteiger partial charge in [0.2, 0.25) is 5.75 Å². The molecular formula is C13H21NO4. The fourth-order valence-corrected chi connectivity index (χ4v) is 1.58. The fraction of sp³-hybridized carbons (Fsp3) is 0.538. The monoisotopic (exact) mass is 255 g/mol. The third-order valence-corrected chi connectivity index (χ3v) is 2.54. The smallest absolute Gasteiger partial charge is 0.203 e. The van der Waals surface area contributed by atoms with Gasteiger partial charge < -0.3 is 24.6 Å². The van der Waals surface area contributed by atoms with Gasteiger partial charge in [0.25, 0.3) is 0 Å². The zero-order valence-electron chi connectivity index (χ0n) is 11.5. The second kappa shape index (κ2) is 5.82. The summed E-state index contributed by atoms with van der Waals surface area (Å²) in [6.07, 6.45) is 0. The van der Waals surface area contributed by atoms with Crippen LogP contribution in [0.3, 0.4) is 0 Å². The number of rotatable bonds is 6. The van der Waals surface area contributed by atoms with E-state index >= 15 is 0 Å². The molecule has 0 atom stereocenters. The van der Waals surface area contributed by atoms with E-state index in [9.17, 15) is 5.11 Å². The third kappa shape index (κ3) is 3.20. The van der Waals surface area contributed by atoms with Crippen molar-refractivity contribution in [3.8, 4) is 17.2 Å². The van der Waals surface area contributed by atoms with Crippen LogP contribution in [0, 0.1) is 0 Å². The lowest BCUT2D eigenvalue weighted by atomic mass is 10.1. The van der Waals surface area contributed by atoms with Crippen LogP contribution in [-0.4, -0.2) is 38.6 Å². The number of hydrogen-bond acceptors (Lipinski definition) is 5. The van der Waals surface area contributed by atoms with E-state index in [0.29, 0.717) is 17.2 Å². The standard InChI is InChI=1S/C13H21NO4/c1-13(2,8-15)14-9-6-10(16-3)12(18-5)11(7-9)17-4/h6-7,14-15H,8H2,1-5H3. The first-order chi connectivity index (χ1) is 8.47. The molecule has 0 aliphatic rings. The van der Waals surface area contributed by atoms with Crippen molar-refractivity contribution in [2.24, 2.45) is 0 Å². The van der Waals surface area contributed by atoms with Crippen LogP contribution in [-0.2, 0) is 0 Å². The molecule has 0 aliphatic carbocycles. The Bertz CT molecular complexity index is 379. The minimum atomic E-state index is -0.426. The van der Waals surface area contributed by atoms with Crippen molar-refractivity contribution < 1.29 is 19.3 Å². The van der Waals surface area contributed by atoms with Gasteiger partial charge in [-0.25, -0.2) is 0 Å². The largest absolute Gasteiger partial charge is 0.493 e. The molecule has 0 aromatic heterocycles. The van der Waals surface area contributed by atoms with Gasteiger partial charge in [-0.05, 0) is 13.8 Å². The minimum absolute atomic E-state index is 0.0175. The zero-order chi connectivity index (χ0) is 13.8. The van der Waals surface area contributed by atoms with Crippen molar-refractivity contribution in [1.29, 1.82) is 0 Å². The predicted octanol–water partition coefficient (Wildman–Crippen LogP) is 1.90. The molecule has 0 unspecified atom stereocenters. The van der Waals surface area contributed by atoms with Gasteiger partial charge in [0.15, 0.2) is 11.5 Å². The summed E-state index contributed by atoms with van der Waals surface area (Å²) in [6.45, 7) is 3.82. The molecule has 5 nitrogen and oxygen atoms in total. The van der Waals surface area contributed by atoms with Crippen LogP contribution in [0.4, 0.5) is 5.69 Å². The van der Waals surface area contributed by atoms with Gasteiger partial charge in [0.1, 0.15) is 0 Å². The Balaban J connectivity index is 3.15. The van der Waals surface area contributed by atoms with Gasteiger partial charge >= 0.3 is 0 Å². The van der Waals surface area contributed by atoms with Gasteiger partial charge in [-0.3, -0.25) is 0 Å². The van der Waals surface area contributed by atoms with E-state index in [1.807, 2.05) is 13.8 Å². The first-order valence-electron chi connectivity index (χ1n) is 5.66. The lowest BCUT2D eigenvalue weighted by Gasteiger charge is -2.26. The van der Waals surface area contributed by atoms with Crippen LogP contribution in [0.25, 0.3) is 0 Å². The van der Waals surface area contributed by atoms with Crippen molar-refractivity contribution in [3.05, 3.63) is 12.1 Å². The molecular weight excluding hydrogens is 234 g/mol. The number of methoxy groups -OCH3 is 3. The highest BCUT2D eigenvalue weighted by molar-refractivity contribution is 5.63. The molecule has 1 aromatic rings. The molecule has 1 rings (SSSR count). The summed E-state index contributed by atoms with van der Waals surface area (Å²) >= 11 is 0. The van der Waals surface area contributed by atoms with E-state index in [0.717, 1.165) is 5.69 Å². The molecule has 5 heteroatoms. The highest BCUT2D eigenvalue weighted by Gasteiger charge is 2.19. The van der Waals surface area contributed by atoms with Crippen LogP contribution < -0.4 is 19.5 Å². The van der Waals surface area contributed by atoms with Crippen molar-refractivity contribution in [2.45, 2.75) is 19.4 Å². The van der Waals surface area contributed by atoms with Gasteiger partial charge in [-0.15, -0.1) is 0 Å². The average molecular weight is 255 g/mol. The van der Waals surface area contributed by atoms with Crippen LogP contribution >= 0.6 is 0 Å². The van der Waals surface area contributed by atoms with E-state index in [2.05, 4.69) is 5.32 Å². The van der Waals surface area contributed by atoms with Crippen molar-refractivity contribution in [1.82, 2.24) is 0 Å². The van der Waals surface area contributed by atoms with Crippen LogP contribution in [0.5, 0.6) is 17.2 Å². The molecule has 0 fully saturated rings. The zero-order valence-corrected chi connectivity index (χ0v) is 11.5. The first kappa shape index (κ1) is 14.4. The van der Waals surface area contributed by atoms with Crippen molar-refractivity contribution in [2.75, 3.05) is 33.3 Å². The molecule has 0 heterocycles. The Morgan fingerprint density at radius 1 is 1.06 bits per heavy atom. The third-order valence-electron chi connectivity index (χ3n) is 2.54. The normalized spacial score (nSPS) is 11.0. The van der Waals surface area contributed by atoms with E-state index in [-0.39, 0.29) is 6.61 Å². The highest BCUT2D eigenvalue weighted by Crippen LogP contribution is 2.40.